The molecule has 0 N–H and O–H groups in total. The Morgan fingerprint density at radius 1 is 1.28 bits per heavy atom. The quantitative estimate of drug-likeness (QED) is 0.270. The van der Waals surface area contributed by atoms with Crippen LogP contribution in [0.3, 0.4) is 0 Å². The third-order valence-electron chi connectivity index (χ3n) is 4.19. The highest BCUT2D eigenvalue weighted by molar-refractivity contribution is 9.10. The molecule has 6 nitrogen and oxygen atoms in total. The fourth-order valence-electron chi connectivity index (χ4n) is 2.86. The molecular formula is C20H16BrN3O3S2. The summed E-state index contributed by atoms with van der Waals surface area (Å²) in [5.41, 5.74) is 2.59. The van der Waals surface area contributed by atoms with Crippen LogP contribution in [0, 0.1) is 0 Å². The van der Waals surface area contributed by atoms with Gasteiger partial charge >= 0.3 is 5.97 Å². The Morgan fingerprint density at radius 2 is 2.14 bits per heavy atom. The standard InChI is InChI=1S/C20H16BrN3O3S2/c1-26-16-7-6-12(21)9-14(16)18-22-13(11-29-18)10-27-19(25)17-15-5-3-4-8-24(15)20(23-17)28-2/h3-9,11H,10H2,1-2H3. The second-order valence-electron chi connectivity index (χ2n) is 5.97. The molecule has 4 rings (SSSR count). The molecule has 0 aliphatic carbocycles. The van der Waals surface area contributed by atoms with Gasteiger partial charge in [-0.2, -0.15) is 0 Å². The summed E-state index contributed by atoms with van der Waals surface area (Å²) in [7, 11) is 1.63. The van der Waals surface area contributed by atoms with E-state index >= 15 is 0 Å². The number of carbonyl (C=O) groups is 1. The van der Waals surface area contributed by atoms with Crippen LogP contribution in [-0.4, -0.2) is 33.7 Å². The van der Waals surface area contributed by atoms with Gasteiger partial charge in [-0.15, -0.1) is 11.3 Å². The van der Waals surface area contributed by atoms with E-state index in [-0.39, 0.29) is 6.61 Å². The number of nitrogens with zero attached hydrogens (tertiary/aromatic N) is 3. The third kappa shape index (κ3) is 4.03. The van der Waals surface area contributed by atoms with Gasteiger partial charge in [-0.1, -0.05) is 33.8 Å². The Labute approximate surface area is 184 Å². The summed E-state index contributed by atoms with van der Waals surface area (Å²) < 4.78 is 13.7. The highest BCUT2D eigenvalue weighted by Gasteiger charge is 2.19. The average Bonchev–Trinajstić information content (AvgIpc) is 3.37. The minimum Gasteiger partial charge on any atom is -0.496 e. The normalized spacial score (nSPS) is 11.0. The molecule has 0 aliphatic rings. The summed E-state index contributed by atoms with van der Waals surface area (Å²) in [5, 5.41) is 3.42. The molecule has 0 bridgehead atoms. The topological polar surface area (TPSA) is 65.7 Å². The van der Waals surface area contributed by atoms with Gasteiger partial charge in [0.15, 0.2) is 10.9 Å². The van der Waals surface area contributed by atoms with Gasteiger partial charge in [0, 0.05) is 16.0 Å². The largest absolute Gasteiger partial charge is 0.496 e. The fraction of sp³-hybridized carbons (Fsp3) is 0.150. The van der Waals surface area contributed by atoms with Gasteiger partial charge in [-0.3, -0.25) is 4.40 Å². The Bertz CT molecular complexity index is 1190. The van der Waals surface area contributed by atoms with Crippen molar-refractivity contribution < 1.29 is 14.3 Å². The summed E-state index contributed by atoms with van der Waals surface area (Å²) in [4.78, 5) is 21.6. The lowest BCUT2D eigenvalue weighted by Gasteiger charge is -2.06. The number of methoxy groups -OCH3 is 1. The first-order chi connectivity index (χ1) is 14.1. The first-order valence-electron chi connectivity index (χ1n) is 8.57. The molecule has 0 atom stereocenters. The second kappa shape index (κ2) is 8.56. The summed E-state index contributed by atoms with van der Waals surface area (Å²) in [6, 6.07) is 11.4. The van der Waals surface area contributed by atoms with Gasteiger partial charge in [-0.05, 0) is 36.6 Å². The number of carbonyl (C=O) groups excluding carboxylic acids is 1. The Kier molecular flexibility index (Phi) is 5.89. The molecule has 0 spiro atoms. The monoisotopic (exact) mass is 489 g/mol. The van der Waals surface area contributed by atoms with Crippen LogP contribution in [0.25, 0.3) is 16.1 Å². The van der Waals surface area contributed by atoms with Crippen LogP contribution in [0.2, 0.25) is 0 Å². The van der Waals surface area contributed by atoms with Crippen LogP contribution in [-0.2, 0) is 11.3 Å². The molecule has 3 aromatic heterocycles. The van der Waals surface area contributed by atoms with E-state index in [4.69, 9.17) is 9.47 Å². The molecule has 0 amide bonds. The zero-order chi connectivity index (χ0) is 20.4. The molecule has 0 aliphatic heterocycles. The number of halogens is 1. The number of thioether (sulfide) groups is 1. The highest BCUT2D eigenvalue weighted by Crippen LogP contribution is 2.34. The zero-order valence-electron chi connectivity index (χ0n) is 15.6. The Morgan fingerprint density at radius 3 is 2.93 bits per heavy atom. The molecule has 9 heteroatoms. The fourth-order valence-corrected chi connectivity index (χ4v) is 4.58. The lowest BCUT2D eigenvalue weighted by Crippen LogP contribution is -2.06. The van der Waals surface area contributed by atoms with Crippen molar-refractivity contribution in [2.45, 2.75) is 11.8 Å². The molecule has 0 unspecified atom stereocenters. The van der Waals surface area contributed by atoms with Crippen LogP contribution in [0.1, 0.15) is 16.2 Å². The van der Waals surface area contributed by atoms with E-state index < -0.39 is 5.97 Å². The first kappa shape index (κ1) is 19.9. The Balaban J connectivity index is 1.53. The highest BCUT2D eigenvalue weighted by atomic mass is 79.9. The molecule has 148 valence electrons. The minimum absolute atomic E-state index is 0.0755. The molecule has 3 heterocycles. The number of hydrogen-bond acceptors (Lipinski definition) is 7. The van der Waals surface area contributed by atoms with E-state index in [2.05, 4.69) is 25.9 Å². The predicted molar refractivity (Wildman–Crippen MR) is 118 cm³/mol. The van der Waals surface area contributed by atoms with Crippen molar-refractivity contribution >= 4 is 50.5 Å². The smallest absolute Gasteiger partial charge is 0.359 e. The maximum Gasteiger partial charge on any atom is 0.359 e. The second-order valence-corrected chi connectivity index (χ2v) is 8.51. The summed E-state index contributed by atoms with van der Waals surface area (Å²) in [6.45, 7) is 0.0755. The molecule has 4 aromatic rings. The van der Waals surface area contributed by atoms with Crippen molar-refractivity contribution in [1.82, 2.24) is 14.4 Å². The molecule has 0 saturated carbocycles. The minimum atomic E-state index is -0.469. The molecule has 0 saturated heterocycles. The van der Waals surface area contributed by atoms with Crippen molar-refractivity contribution in [3.8, 4) is 16.3 Å². The van der Waals surface area contributed by atoms with E-state index in [0.29, 0.717) is 11.4 Å². The number of hydrogen-bond donors (Lipinski definition) is 0. The lowest BCUT2D eigenvalue weighted by molar-refractivity contribution is 0.0464. The number of thiazole rings is 1. The van der Waals surface area contributed by atoms with Crippen molar-refractivity contribution in [3.63, 3.8) is 0 Å². The number of pyridine rings is 1. The molecular weight excluding hydrogens is 474 g/mol. The Hall–Kier alpha value is -2.36. The first-order valence-corrected chi connectivity index (χ1v) is 11.5. The number of ether oxygens (including phenoxy) is 2. The van der Waals surface area contributed by atoms with Gasteiger partial charge < -0.3 is 9.47 Å². The third-order valence-corrected chi connectivity index (χ3v) is 6.26. The van der Waals surface area contributed by atoms with Gasteiger partial charge in [0.05, 0.1) is 23.9 Å². The van der Waals surface area contributed by atoms with E-state index in [1.807, 2.05) is 58.6 Å². The maximum atomic E-state index is 12.6. The van der Waals surface area contributed by atoms with Gasteiger partial charge in [0.2, 0.25) is 0 Å². The van der Waals surface area contributed by atoms with E-state index in [9.17, 15) is 4.79 Å². The number of fused-ring (bicyclic) bond motifs is 1. The SMILES string of the molecule is COc1ccc(Br)cc1-c1nc(COC(=O)c2nc(SC)n3ccccc23)cs1. The lowest BCUT2D eigenvalue weighted by atomic mass is 10.2. The van der Waals surface area contributed by atoms with Gasteiger partial charge in [-0.25, -0.2) is 14.8 Å². The van der Waals surface area contributed by atoms with Crippen LogP contribution < -0.4 is 4.74 Å². The average molecular weight is 490 g/mol. The summed E-state index contributed by atoms with van der Waals surface area (Å²) >= 11 is 6.42. The van der Waals surface area contributed by atoms with Crippen molar-refractivity contribution in [3.05, 3.63) is 63.8 Å². The summed E-state index contributed by atoms with van der Waals surface area (Å²) in [6.07, 6.45) is 3.80. The van der Waals surface area contributed by atoms with Crippen LogP contribution in [0.5, 0.6) is 5.75 Å². The van der Waals surface area contributed by atoms with E-state index in [1.165, 1.54) is 23.1 Å². The number of benzene rings is 1. The number of rotatable bonds is 6. The summed E-state index contributed by atoms with van der Waals surface area (Å²) in [5.74, 6) is 0.267. The van der Waals surface area contributed by atoms with Gasteiger partial charge in [0.25, 0.3) is 0 Å². The number of esters is 1. The van der Waals surface area contributed by atoms with E-state index in [0.717, 1.165) is 31.5 Å². The molecule has 29 heavy (non-hydrogen) atoms. The van der Waals surface area contributed by atoms with Gasteiger partial charge in [0.1, 0.15) is 17.4 Å². The maximum absolute atomic E-state index is 12.6. The predicted octanol–water partition coefficient (Wildman–Crippen LogP) is 5.31. The van der Waals surface area contributed by atoms with Crippen molar-refractivity contribution in [2.75, 3.05) is 13.4 Å². The molecule has 0 radical (unpaired) electrons. The van der Waals surface area contributed by atoms with E-state index in [1.54, 1.807) is 7.11 Å². The molecule has 1 aromatic carbocycles. The van der Waals surface area contributed by atoms with Crippen molar-refractivity contribution in [1.29, 1.82) is 0 Å². The number of imidazole rings is 1. The van der Waals surface area contributed by atoms with Crippen LogP contribution >= 0.6 is 39.0 Å². The van der Waals surface area contributed by atoms with Crippen LogP contribution in [0.15, 0.2) is 57.6 Å². The molecule has 0 fully saturated rings. The van der Waals surface area contributed by atoms with Crippen LogP contribution in [0.4, 0.5) is 0 Å². The number of aromatic nitrogens is 3. The zero-order valence-corrected chi connectivity index (χ0v) is 18.8. The van der Waals surface area contributed by atoms with Crippen molar-refractivity contribution in [2.24, 2.45) is 0 Å².